The van der Waals surface area contributed by atoms with E-state index >= 15 is 0 Å². The molecule has 6 heteroatoms. The minimum atomic E-state index is -2.69. The highest BCUT2D eigenvalue weighted by molar-refractivity contribution is 7.31. The van der Waals surface area contributed by atoms with E-state index in [1.807, 2.05) is 6.07 Å². The zero-order valence-corrected chi connectivity index (χ0v) is 13.0. The Morgan fingerprint density at radius 1 is 1.09 bits per heavy atom. The van der Waals surface area contributed by atoms with E-state index in [2.05, 4.69) is 5.32 Å². The summed E-state index contributed by atoms with van der Waals surface area (Å²) >= 11 is 0. The summed E-state index contributed by atoms with van der Waals surface area (Å²) in [6.07, 6.45) is 0. The molecular weight excluding hydrogens is 301 g/mol. The predicted molar refractivity (Wildman–Crippen MR) is 83.5 cm³/mol. The monoisotopic (exact) mass is 317 g/mol. The molecule has 0 aliphatic rings. The number of rotatable bonds is 6. The largest absolute Gasteiger partial charge is 0.462 e. The van der Waals surface area contributed by atoms with Crippen molar-refractivity contribution in [3.8, 4) is 0 Å². The van der Waals surface area contributed by atoms with Gasteiger partial charge in [0.15, 0.2) is 5.78 Å². The van der Waals surface area contributed by atoms with Gasteiger partial charge in [0.05, 0.1) is 12.2 Å². The van der Waals surface area contributed by atoms with Crippen LogP contribution in [0.1, 0.15) is 28.6 Å². The molecule has 5 nitrogen and oxygen atoms in total. The molecule has 0 aliphatic heterocycles. The molecule has 1 N–H and O–H groups in total. The molecule has 0 saturated heterocycles. The van der Waals surface area contributed by atoms with Crippen molar-refractivity contribution in [2.24, 2.45) is 0 Å². The van der Waals surface area contributed by atoms with E-state index in [1.165, 1.54) is 0 Å². The molecule has 0 radical (unpaired) electrons. The lowest BCUT2D eigenvalue weighted by Crippen LogP contribution is -2.07. The van der Waals surface area contributed by atoms with Crippen molar-refractivity contribution in [1.29, 1.82) is 0 Å². The predicted octanol–water partition coefficient (Wildman–Crippen LogP) is 4.15. The molecule has 0 bridgehead atoms. The highest BCUT2D eigenvalue weighted by Gasteiger charge is 2.17. The van der Waals surface area contributed by atoms with Crippen LogP contribution in [0.2, 0.25) is 0 Å². The van der Waals surface area contributed by atoms with Gasteiger partial charge in [-0.1, -0.05) is 30.3 Å². The van der Waals surface area contributed by atoms with Gasteiger partial charge in [0.1, 0.15) is 0 Å². The third-order valence-electron chi connectivity index (χ3n) is 3.03. The van der Waals surface area contributed by atoms with Crippen molar-refractivity contribution in [1.82, 2.24) is 0 Å². The van der Waals surface area contributed by atoms with Crippen LogP contribution in [-0.2, 0) is 13.9 Å². The van der Waals surface area contributed by atoms with E-state index in [9.17, 15) is 13.9 Å². The molecule has 0 amide bonds. The first-order valence-electron chi connectivity index (χ1n) is 6.84. The van der Waals surface area contributed by atoms with Crippen molar-refractivity contribution < 1.29 is 18.7 Å². The van der Waals surface area contributed by atoms with E-state index < -0.39 is 19.4 Å². The van der Waals surface area contributed by atoms with E-state index in [0.717, 1.165) is 0 Å². The minimum Gasteiger partial charge on any atom is -0.462 e. The zero-order chi connectivity index (χ0) is 15.9. The van der Waals surface area contributed by atoms with Crippen LogP contribution in [0.5, 0.6) is 0 Å². The number of carbonyl (C=O) groups excluding carboxylic acids is 1. The average Bonchev–Trinajstić information content (AvgIpc) is 2.54. The first-order chi connectivity index (χ1) is 10.6. The molecule has 1 atom stereocenters. The van der Waals surface area contributed by atoms with Gasteiger partial charge in [-0.05, 0) is 36.8 Å². The van der Waals surface area contributed by atoms with Crippen molar-refractivity contribution >= 4 is 19.3 Å². The Morgan fingerprint density at radius 2 is 1.73 bits per heavy atom. The number of hydrogen-bond donors (Lipinski definition) is 1. The fourth-order valence-electron chi connectivity index (χ4n) is 1.97. The Labute approximate surface area is 129 Å². The van der Waals surface area contributed by atoms with E-state index in [0.29, 0.717) is 23.4 Å². The molecule has 2 aromatic rings. The Hall–Kier alpha value is -2.39. The second kappa shape index (κ2) is 7.57. The summed E-state index contributed by atoms with van der Waals surface area (Å²) in [5.41, 5.74) is 1.70. The van der Waals surface area contributed by atoms with Crippen LogP contribution < -0.4 is 5.32 Å². The summed E-state index contributed by atoms with van der Waals surface area (Å²) in [5.74, 6) is -1.21. The number of nitrogens with one attached hydrogen (secondary N) is 1. The molecule has 0 spiro atoms. The molecule has 0 fully saturated rings. The Morgan fingerprint density at radius 3 is 2.27 bits per heavy atom. The minimum absolute atomic E-state index is 0.311. The molecular formula is C16H16NO4P. The van der Waals surface area contributed by atoms with Gasteiger partial charge >= 0.3 is 13.6 Å². The Bertz CT molecular complexity index is 688. The van der Waals surface area contributed by atoms with E-state index in [1.54, 1.807) is 55.5 Å². The molecule has 0 saturated carbocycles. The van der Waals surface area contributed by atoms with Crippen molar-refractivity contribution in [3.63, 3.8) is 0 Å². The highest BCUT2D eigenvalue weighted by atomic mass is 31.1. The smallest absolute Gasteiger partial charge is 0.343 e. The Balaban J connectivity index is 2.16. The lowest BCUT2D eigenvalue weighted by molar-refractivity contribution is 0.0526. The van der Waals surface area contributed by atoms with Gasteiger partial charge in [0.25, 0.3) is 0 Å². The average molecular weight is 317 g/mol. The molecule has 114 valence electrons. The number of ether oxygens (including phenoxy) is 1. The van der Waals surface area contributed by atoms with Crippen LogP contribution in [0.15, 0.2) is 54.6 Å². The van der Waals surface area contributed by atoms with Crippen LogP contribution in [0.25, 0.3) is 0 Å². The lowest BCUT2D eigenvalue weighted by Gasteiger charge is -2.13. The molecule has 2 aromatic carbocycles. The first kappa shape index (κ1) is 16.0. The van der Waals surface area contributed by atoms with Gasteiger partial charge in [0.2, 0.25) is 0 Å². The second-order valence-corrected chi connectivity index (χ2v) is 5.63. The highest BCUT2D eigenvalue weighted by Crippen LogP contribution is 2.33. The molecule has 1 unspecified atom stereocenters. The lowest BCUT2D eigenvalue weighted by atomic mass is 10.2. The maximum absolute atomic E-state index is 11.6. The summed E-state index contributed by atoms with van der Waals surface area (Å²) in [5, 5.41) is 2.94. The Kier molecular flexibility index (Phi) is 5.50. The van der Waals surface area contributed by atoms with Crippen molar-refractivity contribution in [2.75, 3.05) is 11.9 Å². The number of carbonyl (C=O) groups is 1. The normalized spacial score (nSPS) is 11.5. The fourth-order valence-corrected chi connectivity index (χ4v) is 2.64. The number of benzene rings is 2. The van der Waals surface area contributed by atoms with Gasteiger partial charge in [0, 0.05) is 5.69 Å². The summed E-state index contributed by atoms with van der Waals surface area (Å²) in [6.45, 7) is 2.05. The van der Waals surface area contributed by atoms with Gasteiger partial charge < -0.3 is 10.1 Å². The van der Waals surface area contributed by atoms with Gasteiger partial charge in [-0.3, -0.25) is 0 Å². The van der Waals surface area contributed by atoms with Crippen LogP contribution in [0.4, 0.5) is 5.69 Å². The number of anilines is 1. The zero-order valence-electron chi connectivity index (χ0n) is 12.1. The van der Waals surface area contributed by atoms with E-state index in [-0.39, 0.29) is 0 Å². The van der Waals surface area contributed by atoms with E-state index in [4.69, 9.17) is 4.74 Å². The van der Waals surface area contributed by atoms with Crippen LogP contribution in [0, 0.1) is 0 Å². The van der Waals surface area contributed by atoms with Gasteiger partial charge in [-0.2, -0.15) is 0 Å². The van der Waals surface area contributed by atoms with Crippen LogP contribution in [0.3, 0.4) is 0 Å². The van der Waals surface area contributed by atoms with Crippen LogP contribution in [-0.4, -0.2) is 12.6 Å². The third-order valence-corrected chi connectivity index (χ3v) is 3.87. The number of hydrogen-bond acceptors (Lipinski definition) is 5. The molecule has 22 heavy (non-hydrogen) atoms. The van der Waals surface area contributed by atoms with Gasteiger partial charge in [-0.25, -0.2) is 13.9 Å². The molecule has 0 heterocycles. The summed E-state index contributed by atoms with van der Waals surface area (Å²) in [4.78, 5) is 11.6. The standard InChI is InChI=1S/C16H16NO4P/c1-2-21-16(18)13-8-10-14(11-9-13)17-15(22(19)20)12-6-4-3-5-7-12/h3-11,15,17H,2H2,1H3. The molecule has 2 rings (SSSR count). The SMILES string of the molecule is CCOC(=O)c1ccc(NC(c2ccccc2)P(=O)=O)cc1. The second-order valence-electron chi connectivity index (χ2n) is 4.54. The van der Waals surface area contributed by atoms with Crippen molar-refractivity contribution in [2.45, 2.75) is 12.7 Å². The summed E-state index contributed by atoms with van der Waals surface area (Å²) in [6, 6.07) is 15.4. The topological polar surface area (TPSA) is 72.5 Å². The summed E-state index contributed by atoms with van der Waals surface area (Å²) < 4.78 is 27.8. The van der Waals surface area contributed by atoms with Crippen molar-refractivity contribution in [3.05, 3.63) is 65.7 Å². The maximum atomic E-state index is 11.6. The third kappa shape index (κ3) is 4.06. The maximum Gasteiger partial charge on any atom is 0.343 e. The quantitative estimate of drug-likeness (QED) is 0.640. The molecule has 0 aliphatic carbocycles. The summed E-state index contributed by atoms with van der Waals surface area (Å²) in [7, 11) is -2.69. The van der Waals surface area contributed by atoms with Crippen LogP contribution >= 0.6 is 7.68 Å². The number of esters is 1. The van der Waals surface area contributed by atoms with Gasteiger partial charge in [-0.15, -0.1) is 0 Å². The first-order valence-corrected chi connectivity index (χ1v) is 8.08. The fraction of sp³-hybridized carbons (Fsp3) is 0.188. The molecule has 0 aromatic heterocycles.